The van der Waals surface area contributed by atoms with Crippen molar-refractivity contribution in [3.63, 3.8) is 0 Å². The van der Waals surface area contributed by atoms with Crippen LogP contribution in [0.1, 0.15) is 23.3 Å². The molecule has 1 aromatic heterocycles. The summed E-state index contributed by atoms with van der Waals surface area (Å²) in [5, 5.41) is 23.2. The van der Waals surface area contributed by atoms with Gasteiger partial charge in [0.15, 0.2) is 0 Å². The van der Waals surface area contributed by atoms with Crippen LogP contribution >= 0.6 is 0 Å². The smallest absolute Gasteiger partial charge is 0.273 e. The lowest BCUT2D eigenvalue weighted by molar-refractivity contribution is -0.385. The molecular formula is C24H21N3O4. The third-order valence-corrected chi connectivity index (χ3v) is 4.74. The minimum Gasteiger partial charge on any atom is -0.457 e. The normalized spacial score (nSPS) is 11.0. The van der Waals surface area contributed by atoms with E-state index in [1.165, 1.54) is 17.7 Å². The van der Waals surface area contributed by atoms with Crippen LogP contribution in [0.15, 0.2) is 70.7 Å². The fraction of sp³-hybridized carbons (Fsp3) is 0.167. The summed E-state index contributed by atoms with van der Waals surface area (Å²) in [4.78, 5) is 23.0. The van der Waals surface area contributed by atoms with Gasteiger partial charge in [-0.1, -0.05) is 42.5 Å². The first-order valence-corrected chi connectivity index (χ1v) is 9.77. The van der Waals surface area contributed by atoms with Crippen molar-refractivity contribution in [1.29, 1.82) is 5.26 Å². The van der Waals surface area contributed by atoms with Crippen molar-refractivity contribution in [2.75, 3.05) is 6.54 Å². The van der Waals surface area contributed by atoms with Gasteiger partial charge in [-0.15, -0.1) is 0 Å². The molecule has 2 aromatic carbocycles. The zero-order chi connectivity index (χ0) is 22.2. The number of benzene rings is 2. The van der Waals surface area contributed by atoms with Gasteiger partial charge in [0.2, 0.25) is 0 Å². The lowest BCUT2D eigenvalue weighted by Crippen LogP contribution is -2.25. The van der Waals surface area contributed by atoms with Crippen LogP contribution in [0.25, 0.3) is 17.4 Å². The second kappa shape index (κ2) is 10.0. The number of nitrogens with zero attached hydrogens (tertiary/aromatic N) is 2. The molecule has 7 heteroatoms. The molecule has 0 atom stereocenters. The largest absolute Gasteiger partial charge is 0.457 e. The SMILES string of the molecule is Cc1ccc(-c2ccc(/C=C(/C#N)C(=O)NCCCc3ccccc3)o2)cc1[N+](=O)[O-]. The maximum absolute atomic E-state index is 12.3. The summed E-state index contributed by atoms with van der Waals surface area (Å²) in [6, 6.07) is 19.9. The van der Waals surface area contributed by atoms with Gasteiger partial charge in [0.25, 0.3) is 11.6 Å². The quantitative estimate of drug-likeness (QED) is 0.186. The molecule has 0 aliphatic carbocycles. The Hall–Kier alpha value is -4.18. The van der Waals surface area contributed by atoms with Crippen molar-refractivity contribution >= 4 is 17.7 Å². The number of rotatable bonds is 8. The lowest BCUT2D eigenvalue weighted by Gasteiger charge is -2.04. The highest BCUT2D eigenvalue weighted by atomic mass is 16.6. The van der Waals surface area contributed by atoms with Gasteiger partial charge in [-0.25, -0.2) is 0 Å². The Balaban J connectivity index is 1.64. The topological polar surface area (TPSA) is 109 Å². The summed E-state index contributed by atoms with van der Waals surface area (Å²) < 4.78 is 5.68. The summed E-state index contributed by atoms with van der Waals surface area (Å²) in [5.74, 6) is 0.253. The standard InChI is InChI=1S/C24H21N3O4/c1-17-9-10-19(15-22(17)27(29)30)23-12-11-21(31-23)14-20(16-25)24(28)26-13-5-8-18-6-3-2-4-7-18/h2-4,6-7,9-12,14-15H,5,8,13H2,1H3,(H,26,28)/b20-14-. The first-order valence-electron chi connectivity index (χ1n) is 9.77. The Morgan fingerprint density at radius 2 is 1.97 bits per heavy atom. The van der Waals surface area contributed by atoms with Crippen LogP contribution in [-0.2, 0) is 11.2 Å². The van der Waals surface area contributed by atoms with E-state index in [0.29, 0.717) is 29.2 Å². The Kier molecular flexibility index (Phi) is 6.97. The first kappa shape index (κ1) is 21.5. The van der Waals surface area contributed by atoms with E-state index in [1.807, 2.05) is 36.4 Å². The van der Waals surface area contributed by atoms with Crippen molar-refractivity contribution in [3.05, 3.63) is 93.2 Å². The number of carbonyl (C=O) groups is 1. The fourth-order valence-corrected chi connectivity index (χ4v) is 3.07. The number of furan rings is 1. The van der Waals surface area contributed by atoms with E-state index >= 15 is 0 Å². The highest BCUT2D eigenvalue weighted by Gasteiger charge is 2.14. The van der Waals surface area contributed by atoms with Gasteiger partial charge in [0.05, 0.1) is 4.92 Å². The number of hydrogen-bond donors (Lipinski definition) is 1. The van der Waals surface area contributed by atoms with E-state index in [0.717, 1.165) is 12.8 Å². The molecule has 1 amide bonds. The van der Waals surface area contributed by atoms with Crippen LogP contribution in [0, 0.1) is 28.4 Å². The average Bonchev–Trinajstić information content (AvgIpc) is 3.24. The van der Waals surface area contributed by atoms with Crippen molar-refractivity contribution in [2.24, 2.45) is 0 Å². The maximum atomic E-state index is 12.3. The molecule has 0 unspecified atom stereocenters. The van der Waals surface area contributed by atoms with Crippen molar-refractivity contribution in [2.45, 2.75) is 19.8 Å². The second-order valence-electron chi connectivity index (χ2n) is 6.98. The number of carbonyl (C=O) groups excluding carboxylic acids is 1. The van der Waals surface area contributed by atoms with E-state index < -0.39 is 10.8 Å². The monoisotopic (exact) mass is 415 g/mol. The maximum Gasteiger partial charge on any atom is 0.273 e. The van der Waals surface area contributed by atoms with Gasteiger partial charge in [-0.2, -0.15) is 5.26 Å². The van der Waals surface area contributed by atoms with Crippen molar-refractivity contribution < 1.29 is 14.1 Å². The fourth-order valence-electron chi connectivity index (χ4n) is 3.07. The molecule has 1 N–H and O–H groups in total. The molecule has 7 nitrogen and oxygen atoms in total. The summed E-state index contributed by atoms with van der Waals surface area (Å²) >= 11 is 0. The Labute approximate surface area is 179 Å². The van der Waals surface area contributed by atoms with E-state index in [9.17, 15) is 20.2 Å². The molecule has 3 aromatic rings. The molecule has 0 saturated carbocycles. The Morgan fingerprint density at radius 3 is 2.68 bits per heavy atom. The molecule has 0 aliphatic heterocycles. The third kappa shape index (κ3) is 5.67. The van der Waals surface area contributed by atoms with E-state index in [2.05, 4.69) is 5.32 Å². The minimum atomic E-state index is -0.473. The van der Waals surface area contributed by atoms with E-state index in [4.69, 9.17) is 4.42 Å². The number of aryl methyl sites for hydroxylation is 2. The molecule has 0 aliphatic rings. The number of nitriles is 1. The van der Waals surface area contributed by atoms with E-state index in [-0.39, 0.29) is 11.3 Å². The number of hydrogen-bond acceptors (Lipinski definition) is 5. The van der Waals surface area contributed by atoms with Crippen LogP contribution in [0.5, 0.6) is 0 Å². The lowest BCUT2D eigenvalue weighted by atomic mass is 10.1. The van der Waals surface area contributed by atoms with Gasteiger partial charge >= 0.3 is 0 Å². The highest BCUT2D eigenvalue weighted by Crippen LogP contribution is 2.28. The molecule has 0 saturated heterocycles. The third-order valence-electron chi connectivity index (χ3n) is 4.74. The van der Waals surface area contributed by atoms with Gasteiger partial charge < -0.3 is 9.73 Å². The average molecular weight is 415 g/mol. The molecule has 156 valence electrons. The molecule has 0 radical (unpaired) electrons. The van der Waals surface area contributed by atoms with Crippen LogP contribution in [0.2, 0.25) is 0 Å². The minimum absolute atomic E-state index is 0.00131. The van der Waals surface area contributed by atoms with Gasteiger partial charge in [-0.05, 0) is 37.5 Å². The molecule has 1 heterocycles. The van der Waals surface area contributed by atoms with Crippen LogP contribution in [-0.4, -0.2) is 17.4 Å². The predicted molar refractivity (Wildman–Crippen MR) is 117 cm³/mol. The number of nitro benzene ring substituents is 1. The molecule has 0 fully saturated rings. The Bertz CT molecular complexity index is 1160. The van der Waals surface area contributed by atoms with Crippen molar-refractivity contribution in [1.82, 2.24) is 5.32 Å². The zero-order valence-corrected chi connectivity index (χ0v) is 17.0. The number of nitrogens with one attached hydrogen (secondary N) is 1. The van der Waals surface area contributed by atoms with Gasteiger partial charge in [0, 0.05) is 29.8 Å². The number of nitro groups is 1. The summed E-state index contributed by atoms with van der Waals surface area (Å²) in [6.45, 7) is 2.11. The van der Waals surface area contributed by atoms with Crippen molar-refractivity contribution in [3.8, 4) is 17.4 Å². The summed E-state index contributed by atoms with van der Waals surface area (Å²) in [7, 11) is 0. The molecule has 0 bridgehead atoms. The zero-order valence-electron chi connectivity index (χ0n) is 17.0. The van der Waals surface area contributed by atoms with E-state index in [1.54, 1.807) is 31.2 Å². The summed E-state index contributed by atoms with van der Waals surface area (Å²) in [6.07, 6.45) is 2.95. The highest BCUT2D eigenvalue weighted by molar-refractivity contribution is 6.01. The molecule has 3 rings (SSSR count). The van der Waals surface area contributed by atoms with Crippen LogP contribution in [0.3, 0.4) is 0 Å². The number of amides is 1. The van der Waals surface area contributed by atoms with Crippen LogP contribution in [0.4, 0.5) is 5.69 Å². The Morgan fingerprint density at radius 1 is 1.19 bits per heavy atom. The van der Waals surface area contributed by atoms with Gasteiger partial charge in [0.1, 0.15) is 23.2 Å². The molecule has 31 heavy (non-hydrogen) atoms. The predicted octanol–water partition coefficient (Wildman–Crippen LogP) is 4.82. The van der Waals surface area contributed by atoms with Gasteiger partial charge in [-0.3, -0.25) is 14.9 Å². The second-order valence-corrected chi connectivity index (χ2v) is 6.98. The van der Waals surface area contributed by atoms with Crippen LogP contribution < -0.4 is 5.32 Å². The summed E-state index contributed by atoms with van der Waals surface area (Å²) in [5.41, 5.74) is 2.21. The first-order chi connectivity index (χ1) is 15.0. The molecule has 0 spiro atoms. The molecular weight excluding hydrogens is 394 g/mol.